The van der Waals surface area contributed by atoms with Crippen molar-refractivity contribution in [3.05, 3.63) is 65.0 Å². The summed E-state index contributed by atoms with van der Waals surface area (Å²) in [5.41, 5.74) is 8.09. The van der Waals surface area contributed by atoms with Gasteiger partial charge in [-0.25, -0.2) is 4.99 Å². The molecule has 1 aromatic carbocycles. The molecule has 2 N–H and O–H groups in total. The van der Waals surface area contributed by atoms with Crippen molar-refractivity contribution in [2.75, 3.05) is 7.11 Å². The van der Waals surface area contributed by atoms with Crippen molar-refractivity contribution >= 4 is 11.9 Å². The molecule has 2 unspecified atom stereocenters. The van der Waals surface area contributed by atoms with Crippen LogP contribution < -0.4 is 5.73 Å². The number of rotatable bonds is 3. The number of aliphatic imine (C=N–C) groups is 1. The molecule has 0 radical (unpaired) electrons. The van der Waals surface area contributed by atoms with E-state index in [9.17, 15) is 10.1 Å². The number of nitriles is 1. The zero-order valence-electron chi connectivity index (χ0n) is 19.3. The highest BCUT2D eigenvalue weighted by molar-refractivity contribution is 6.08. The van der Waals surface area contributed by atoms with Gasteiger partial charge in [0, 0.05) is 18.7 Å². The standard InChI is InChI=1S/C26H29N5O2/c1-16-11-25(12-17(2)22(16)33-3)13-19-8-7-18(14-27)10-21(19)26(25)23(32)31(24(28)30-26)15-20-6-4-5-9-29-20/h4-10,16-17,22H,11-13,15H2,1-3H3,(H2,28,30)/t16-,17+,22?,25?,26-/m1/s1. The van der Waals surface area contributed by atoms with Crippen molar-refractivity contribution < 1.29 is 9.53 Å². The molecule has 170 valence electrons. The minimum Gasteiger partial charge on any atom is -0.381 e. The van der Waals surface area contributed by atoms with Crippen LogP contribution >= 0.6 is 0 Å². The van der Waals surface area contributed by atoms with Gasteiger partial charge in [0.25, 0.3) is 5.91 Å². The third kappa shape index (κ3) is 3.01. The summed E-state index contributed by atoms with van der Waals surface area (Å²) in [4.78, 5) is 25.3. The number of nitrogens with two attached hydrogens (primary N) is 1. The average molecular weight is 444 g/mol. The largest absolute Gasteiger partial charge is 0.381 e. The molecule has 1 saturated carbocycles. The summed E-state index contributed by atoms with van der Waals surface area (Å²) < 4.78 is 5.82. The number of ether oxygens (including phenoxy) is 1. The van der Waals surface area contributed by atoms with Gasteiger partial charge in [-0.2, -0.15) is 5.26 Å². The quantitative estimate of drug-likeness (QED) is 0.785. The van der Waals surface area contributed by atoms with Gasteiger partial charge < -0.3 is 10.5 Å². The molecule has 1 fully saturated rings. The number of methoxy groups -OCH3 is 1. The first-order valence-corrected chi connectivity index (χ1v) is 11.5. The topological polar surface area (TPSA) is 105 Å². The number of hydrogen-bond acceptors (Lipinski definition) is 6. The maximum atomic E-state index is 14.3. The molecule has 1 aromatic heterocycles. The minimum atomic E-state index is -1.13. The third-order valence-corrected chi connectivity index (χ3v) is 7.90. The van der Waals surface area contributed by atoms with Gasteiger partial charge >= 0.3 is 0 Å². The molecular formula is C26H29N5O2. The van der Waals surface area contributed by atoms with E-state index in [-0.39, 0.29) is 36.4 Å². The van der Waals surface area contributed by atoms with Crippen LogP contribution in [0.4, 0.5) is 0 Å². The van der Waals surface area contributed by atoms with Crippen LogP contribution in [0.5, 0.6) is 0 Å². The fourth-order valence-corrected chi connectivity index (χ4v) is 6.84. The fourth-order valence-electron chi connectivity index (χ4n) is 6.84. The summed E-state index contributed by atoms with van der Waals surface area (Å²) >= 11 is 0. The van der Waals surface area contributed by atoms with Gasteiger partial charge in [0.1, 0.15) is 0 Å². The maximum Gasteiger partial charge on any atom is 0.262 e. The number of nitrogens with zero attached hydrogens (tertiary/aromatic N) is 4. The molecule has 0 saturated heterocycles. The van der Waals surface area contributed by atoms with Crippen molar-refractivity contribution in [2.45, 2.75) is 51.3 Å². The fraction of sp³-hybridized carbons (Fsp3) is 0.462. The molecule has 33 heavy (non-hydrogen) atoms. The maximum absolute atomic E-state index is 14.3. The summed E-state index contributed by atoms with van der Waals surface area (Å²) in [6, 6.07) is 13.5. The summed E-state index contributed by atoms with van der Waals surface area (Å²) in [6.07, 6.45) is 4.17. The number of carbonyl (C=O) groups excluding carboxylic acids is 1. The third-order valence-electron chi connectivity index (χ3n) is 7.90. The molecule has 5 atom stereocenters. The number of hydrogen-bond donors (Lipinski definition) is 1. The Kier molecular flexibility index (Phi) is 5.02. The number of fused-ring (bicyclic) bond motifs is 3. The molecule has 1 aliphatic heterocycles. The van der Waals surface area contributed by atoms with Crippen LogP contribution in [0.1, 0.15) is 49.1 Å². The van der Waals surface area contributed by atoms with Crippen LogP contribution in [-0.4, -0.2) is 35.0 Å². The van der Waals surface area contributed by atoms with Crippen molar-refractivity contribution in [1.82, 2.24) is 9.88 Å². The first-order valence-electron chi connectivity index (χ1n) is 11.5. The van der Waals surface area contributed by atoms with E-state index in [2.05, 4.69) is 24.9 Å². The number of guanidine groups is 1. The SMILES string of the molecule is COC1[C@H](C)CC2(Cc3ccc(C#N)cc3[C@]23N=C(N)N(Cc2ccccn2)C3=O)C[C@@H]1C. The van der Waals surface area contributed by atoms with Gasteiger partial charge in [-0.1, -0.05) is 26.0 Å². The second-order valence-corrected chi connectivity index (χ2v) is 9.90. The molecule has 7 nitrogen and oxygen atoms in total. The molecule has 2 spiro atoms. The lowest BCUT2D eigenvalue weighted by Crippen LogP contribution is -2.55. The molecule has 7 heteroatoms. The van der Waals surface area contributed by atoms with E-state index in [1.807, 2.05) is 36.4 Å². The van der Waals surface area contributed by atoms with E-state index in [1.165, 1.54) is 0 Å². The Morgan fingerprint density at radius 2 is 2.00 bits per heavy atom. The van der Waals surface area contributed by atoms with Gasteiger partial charge in [0.15, 0.2) is 11.5 Å². The van der Waals surface area contributed by atoms with Gasteiger partial charge in [0.2, 0.25) is 0 Å². The van der Waals surface area contributed by atoms with E-state index in [4.69, 9.17) is 15.5 Å². The van der Waals surface area contributed by atoms with Crippen LogP contribution in [0.15, 0.2) is 47.6 Å². The second-order valence-electron chi connectivity index (χ2n) is 9.90. The Morgan fingerprint density at radius 3 is 2.64 bits per heavy atom. The summed E-state index contributed by atoms with van der Waals surface area (Å²) in [5.74, 6) is 0.619. The lowest BCUT2D eigenvalue weighted by atomic mass is 9.56. The molecule has 2 heterocycles. The highest BCUT2D eigenvalue weighted by atomic mass is 16.5. The summed E-state index contributed by atoms with van der Waals surface area (Å²) in [5, 5.41) is 9.59. The van der Waals surface area contributed by atoms with Crippen LogP contribution in [0.2, 0.25) is 0 Å². The van der Waals surface area contributed by atoms with Crippen LogP contribution in [0, 0.1) is 28.6 Å². The smallest absolute Gasteiger partial charge is 0.262 e. The highest BCUT2D eigenvalue weighted by Crippen LogP contribution is 2.63. The lowest BCUT2D eigenvalue weighted by molar-refractivity contribution is -0.142. The highest BCUT2D eigenvalue weighted by Gasteiger charge is 2.68. The van der Waals surface area contributed by atoms with E-state index < -0.39 is 11.0 Å². The first-order chi connectivity index (χ1) is 15.8. The van der Waals surface area contributed by atoms with Gasteiger partial charge in [-0.05, 0) is 66.5 Å². The summed E-state index contributed by atoms with van der Waals surface area (Å²) in [6.45, 7) is 4.66. The number of aromatic nitrogens is 1. The van der Waals surface area contributed by atoms with Crippen molar-refractivity contribution in [2.24, 2.45) is 28.0 Å². The molecule has 0 bridgehead atoms. The number of amides is 1. The monoisotopic (exact) mass is 443 g/mol. The zero-order chi connectivity index (χ0) is 23.4. The molecule has 5 rings (SSSR count). The average Bonchev–Trinajstić information content (AvgIpc) is 3.20. The predicted octanol–water partition coefficient (Wildman–Crippen LogP) is 3.13. The Hall–Kier alpha value is -3.24. The molecule has 1 amide bonds. The Bertz CT molecular complexity index is 1160. The second kappa shape index (κ2) is 7.67. The van der Waals surface area contributed by atoms with Crippen LogP contribution in [-0.2, 0) is 28.0 Å². The Labute approximate surface area is 194 Å². The molecular weight excluding hydrogens is 414 g/mol. The van der Waals surface area contributed by atoms with Crippen LogP contribution in [0.25, 0.3) is 0 Å². The number of carbonyl (C=O) groups is 1. The molecule has 3 aliphatic rings. The molecule has 2 aromatic rings. The Balaban J connectivity index is 1.65. The van der Waals surface area contributed by atoms with Crippen LogP contribution in [0.3, 0.4) is 0 Å². The zero-order valence-corrected chi connectivity index (χ0v) is 19.3. The minimum absolute atomic E-state index is 0.116. The predicted molar refractivity (Wildman–Crippen MR) is 124 cm³/mol. The summed E-state index contributed by atoms with van der Waals surface area (Å²) in [7, 11) is 1.76. The molecule has 2 aliphatic carbocycles. The van der Waals surface area contributed by atoms with E-state index >= 15 is 0 Å². The van der Waals surface area contributed by atoms with E-state index in [1.54, 1.807) is 18.2 Å². The van der Waals surface area contributed by atoms with Gasteiger partial charge in [-0.3, -0.25) is 14.7 Å². The Morgan fingerprint density at radius 1 is 1.24 bits per heavy atom. The number of pyridine rings is 1. The first kappa shape index (κ1) is 21.6. The van der Waals surface area contributed by atoms with E-state index in [0.717, 1.165) is 36.1 Å². The van der Waals surface area contributed by atoms with Crippen molar-refractivity contribution in [3.63, 3.8) is 0 Å². The van der Waals surface area contributed by atoms with Gasteiger partial charge in [-0.15, -0.1) is 0 Å². The van der Waals surface area contributed by atoms with Crippen molar-refractivity contribution in [1.29, 1.82) is 5.26 Å². The normalized spacial score (nSPS) is 32.8. The van der Waals surface area contributed by atoms with E-state index in [0.29, 0.717) is 5.56 Å². The van der Waals surface area contributed by atoms with Crippen molar-refractivity contribution in [3.8, 4) is 6.07 Å². The van der Waals surface area contributed by atoms with Gasteiger partial charge in [0.05, 0.1) is 30.0 Å². The number of benzene rings is 1. The lowest BCUT2D eigenvalue weighted by Gasteiger charge is -2.50.